The fourth-order valence-electron chi connectivity index (χ4n) is 3.43. The largest absolute Gasteiger partial charge is 0.507 e. The first kappa shape index (κ1) is 35.0. The molecule has 1 aromatic carbocycles. The Hall–Kier alpha value is -3.05. The lowest BCUT2D eigenvalue weighted by Crippen LogP contribution is -2.42. The van der Waals surface area contributed by atoms with Crippen molar-refractivity contribution in [2.24, 2.45) is 0 Å². The van der Waals surface area contributed by atoms with Gasteiger partial charge in [-0.3, -0.25) is 19.2 Å². The molecule has 216 valence electrons. The molecule has 0 aromatic heterocycles. The zero-order valence-corrected chi connectivity index (χ0v) is 23.9. The molecule has 3 amide bonds. The third kappa shape index (κ3) is 14.6. The number of nitrogens with zero attached hydrogens (tertiary/aromatic N) is 4. The van der Waals surface area contributed by atoms with E-state index >= 15 is 0 Å². The van der Waals surface area contributed by atoms with Gasteiger partial charge in [0, 0.05) is 45.2 Å². The van der Waals surface area contributed by atoms with Crippen molar-refractivity contribution in [2.75, 3.05) is 61.4 Å². The van der Waals surface area contributed by atoms with E-state index in [1.54, 1.807) is 11.9 Å². The Kier molecular flexibility index (Phi) is 17.6. The summed E-state index contributed by atoms with van der Waals surface area (Å²) < 4.78 is 12.3. The molecular weight excluding hydrogens is 493 g/mol. The number of halogens is 1. The third-order valence-corrected chi connectivity index (χ3v) is 6.23. The fourth-order valence-corrected chi connectivity index (χ4v) is 3.43. The summed E-state index contributed by atoms with van der Waals surface area (Å²) in [5.74, 6) is -0.596. The molecule has 0 radical (unpaired) electrons. The van der Waals surface area contributed by atoms with Crippen molar-refractivity contribution in [3.05, 3.63) is 29.6 Å². The number of hydrogen-bond acceptors (Lipinski definition) is 7. The van der Waals surface area contributed by atoms with E-state index in [9.17, 15) is 23.6 Å². The Morgan fingerprint density at radius 2 is 1.87 bits per heavy atom. The number of carbonyl (C=O) groups excluding carboxylic acids is 4. The first-order valence-electron chi connectivity index (χ1n) is 12.8. The summed E-state index contributed by atoms with van der Waals surface area (Å²) in [5, 5.41) is 11.4. The van der Waals surface area contributed by atoms with Gasteiger partial charge in [-0.2, -0.15) is 0 Å². The van der Waals surface area contributed by atoms with E-state index in [1.807, 2.05) is 38.0 Å². The van der Waals surface area contributed by atoms with Crippen molar-refractivity contribution in [1.82, 2.24) is 24.9 Å². The molecule has 10 nitrogen and oxygen atoms in total. The predicted molar refractivity (Wildman–Crippen MR) is 147 cm³/mol. The molecule has 1 heterocycles. The maximum Gasteiger partial charge on any atom is 0.242 e. The summed E-state index contributed by atoms with van der Waals surface area (Å²) in [6.45, 7) is 6.85. The van der Waals surface area contributed by atoms with E-state index < -0.39 is 5.82 Å². The van der Waals surface area contributed by atoms with Crippen LogP contribution in [0.25, 0.3) is 0 Å². The fraction of sp³-hybridized carbons (Fsp3) is 0.630. The van der Waals surface area contributed by atoms with Crippen LogP contribution in [0.5, 0.6) is 5.75 Å². The topological polar surface area (TPSA) is 114 Å². The van der Waals surface area contributed by atoms with Crippen LogP contribution in [0.4, 0.5) is 4.39 Å². The molecule has 0 spiro atoms. The van der Waals surface area contributed by atoms with Crippen LogP contribution < -0.4 is 5.32 Å². The molecular formula is C27H46FN5O5. The third-order valence-electron chi connectivity index (χ3n) is 6.23. The van der Waals surface area contributed by atoms with Crippen LogP contribution in [0.1, 0.15) is 49.9 Å². The normalized spacial score (nSPS) is 15.1. The highest BCUT2D eigenvalue weighted by Crippen LogP contribution is 2.17. The Morgan fingerprint density at radius 1 is 1.21 bits per heavy atom. The van der Waals surface area contributed by atoms with Crippen LogP contribution in [-0.4, -0.2) is 123 Å². The first-order valence-corrected chi connectivity index (χ1v) is 12.8. The molecule has 1 aliphatic heterocycles. The number of amides is 3. The Balaban J connectivity index is 0.000000630. The lowest BCUT2D eigenvalue weighted by atomic mass is 10.1. The van der Waals surface area contributed by atoms with Gasteiger partial charge in [0.25, 0.3) is 0 Å². The second-order valence-electron chi connectivity index (χ2n) is 9.88. The van der Waals surface area contributed by atoms with Gasteiger partial charge in [0.15, 0.2) is 6.29 Å². The molecule has 38 heavy (non-hydrogen) atoms. The number of hydrogen-bond donors (Lipinski definition) is 2. The van der Waals surface area contributed by atoms with Gasteiger partial charge in [-0.15, -0.1) is 0 Å². The van der Waals surface area contributed by atoms with E-state index in [0.717, 1.165) is 57.1 Å². The SMILES string of the molecule is CC(CCC(=O)N(C)CC(=O)N1CCC[C@H]1C)N(C)C.CN(C)CCNC=O.O=Cc1cc(F)ccc1O. The summed E-state index contributed by atoms with van der Waals surface area (Å²) in [5.41, 5.74) is -0.0278. The average molecular weight is 540 g/mol. The van der Waals surface area contributed by atoms with E-state index in [0.29, 0.717) is 31.2 Å². The maximum atomic E-state index is 12.3. The minimum atomic E-state index is -0.528. The van der Waals surface area contributed by atoms with Crippen LogP contribution in [0.15, 0.2) is 18.2 Å². The van der Waals surface area contributed by atoms with Crippen molar-refractivity contribution in [3.8, 4) is 5.75 Å². The standard InChI is InChI=1S/C15H29N3O2.C7H5FO2.C5H12N2O/c1-12(16(3)4)8-9-14(19)17(5)11-15(20)18-10-6-7-13(18)2;8-6-1-2-7(10)5(3-6)4-9;1-7(2)4-3-6-5-8/h12-13H,6-11H2,1-5H3;1-4,10H;5H,3-4H2,1-2H3,(H,6,8)/t12?,13-;;/m1../s1. The molecule has 2 rings (SSSR count). The molecule has 1 aromatic rings. The highest BCUT2D eigenvalue weighted by Gasteiger charge is 2.26. The van der Waals surface area contributed by atoms with E-state index in [2.05, 4.69) is 24.1 Å². The molecule has 0 bridgehead atoms. The second kappa shape index (κ2) is 19.1. The number of likely N-dealkylation sites (tertiary alicyclic amines) is 1. The highest BCUT2D eigenvalue weighted by atomic mass is 19.1. The zero-order valence-electron chi connectivity index (χ0n) is 23.9. The molecule has 0 saturated carbocycles. The molecule has 1 unspecified atom stereocenters. The van der Waals surface area contributed by atoms with E-state index in [-0.39, 0.29) is 29.7 Å². The number of aromatic hydroxyl groups is 1. The molecule has 1 saturated heterocycles. The van der Waals surface area contributed by atoms with Gasteiger partial charge in [-0.1, -0.05) is 0 Å². The lowest BCUT2D eigenvalue weighted by Gasteiger charge is -2.25. The predicted octanol–water partition coefficient (Wildman–Crippen LogP) is 1.82. The van der Waals surface area contributed by atoms with Crippen LogP contribution in [-0.2, 0) is 14.4 Å². The van der Waals surface area contributed by atoms with Crippen LogP contribution in [0.2, 0.25) is 0 Å². The smallest absolute Gasteiger partial charge is 0.242 e. The quantitative estimate of drug-likeness (QED) is 0.326. The zero-order chi connectivity index (χ0) is 29.3. The highest BCUT2D eigenvalue weighted by molar-refractivity contribution is 5.85. The van der Waals surface area contributed by atoms with Crippen LogP contribution in [0, 0.1) is 5.82 Å². The number of phenols is 1. The number of carbonyl (C=O) groups is 4. The van der Waals surface area contributed by atoms with Crippen molar-refractivity contribution >= 4 is 24.5 Å². The van der Waals surface area contributed by atoms with Crippen molar-refractivity contribution in [2.45, 2.75) is 51.6 Å². The van der Waals surface area contributed by atoms with Gasteiger partial charge in [0.2, 0.25) is 18.2 Å². The number of phenolic OH excluding ortho intramolecular Hbond substituents is 1. The molecule has 0 aliphatic carbocycles. The van der Waals surface area contributed by atoms with Gasteiger partial charge in [0.05, 0.1) is 12.1 Å². The summed E-state index contributed by atoms with van der Waals surface area (Å²) in [4.78, 5) is 51.5. The molecule has 11 heteroatoms. The summed E-state index contributed by atoms with van der Waals surface area (Å²) in [7, 11) is 9.68. The van der Waals surface area contributed by atoms with Gasteiger partial charge < -0.3 is 30.0 Å². The Labute approximate surface area is 226 Å². The monoisotopic (exact) mass is 539 g/mol. The van der Waals surface area contributed by atoms with Crippen molar-refractivity contribution < 1.29 is 28.7 Å². The number of aldehydes is 1. The van der Waals surface area contributed by atoms with Gasteiger partial charge in [-0.05, 0) is 79.5 Å². The van der Waals surface area contributed by atoms with E-state index in [1.165, 1.54) is 0 Å². The summed E-state index contributed by atoms with van der Waals surface area (Å²) in [6.07, 6.45) is 4.58. The Bertz CT molecular complexity index is 868. The molecule has 2 N–H and O–H groups in total. The number of nitrogens with one attached hydrogen (secondary N) is 1. The minimum Gasteiger partial charge on any atom is -0.507 e. The average Bonchev–Trinajstić information content (AvgIpc) is 3.30. The van der Waals surface area contributed by atoms with E-state index in [4.69, 9.17) is 5.11 Å². The van der Waals surface area contributed by atoms with Crippen LogP contribution in [0.3, 0.4) is 0 Å². The van der Waals surface area contributed by atoms with Crippen molar-refractivity contribution in [3.63, 3.8) is 0 Å². The minimum absolute atomic E-state index is 0.0278. The number of benzene rings is 1. The van der Waals surface area contributed by atoms with Gasteiger partial charge in [0.1, 0.15) is 11.6 Å². The number of likely N-dealkylation sites (N-methyl/N-ethyl adjacent to an activating group) is 2. The van der Waals surface area contributed by atoms with Crippen LogP contribution >= 0.6 is 0 Å². The molecule has 2 atom stereocenters. The summed E-state index contributed by atoms with van der Waals surface area (Å²) in [6, 6.07) is 3.89. The summed E-state index contributed by atoms with van der Waals surface area (Å²) >= 11 is 0. The molecule has 1 fully saturated rings. The second-order valence-corrected chi connectivity index (χ2v) is 9.88. The van der Waals surface area contributed by atoms with Gasteiger partial charge >= 0.3 is 0 Å². The lowest BCUT2D eigenvalue weighted by molar-refractivity contribution is -0.139. The van der Waals surface area contributed by atoms with Gasteiger partial charge in [-0.25, -0.2) is 4.39 Å². The maximum absolute atomic E-state index is 12.3. The first-order chi connectivity index (χ1) is 17.8. The Morgan fingerprint density at radius 3 is 2.34 bits per heavy atom. The van der Waals surface area contributed by atoms with Crippen molar-refractivity contribution in [1.29, 1.82) is 0 Å². The number of rotatable bonds is 11. The molecule has 1 aliphatic rings.